The number of para-hydroxylation sites is 1. The summed E-state index contributed by atoms with van der Waals surface area (Å²) in [6, 6.07) is 21.3. The van der Waals surface area contributed by atoms with Crippen LogP contribution < -0.4 is 0 Å². The lowest BCUT2D eigenvalue weighted by Crippen LogP contribution is -1.95. The summed E-state index contributed by atoms with van der Waals surface area (Å²) in [5, 5.41) is 6.52. The molecule has 27 heavy (non-hydrogen) atoms. The van der Waals surface area contributed by atoms with Crippen molar-refractivity contribution < 1.29 is 0 Å². The van der Waals surface area contributed by atoms with Gasteiger partial charge in [-0.3, -0.25) is 4.40 Å². The average Bonchev–Trinajstić information content (AvgIpc) is 3.34. The third kappa shape index (κ3) is 2.14. The summed E-state index contributed by atoms with van der Waals surface area (Å²) in [5.41, 5.74) is 8.67. The fourth-order valence-corrected chi connectivity index (χ4v) is 4.50. The number of rotatable bonds is 1. The Morgan fingerprint density at radius 1 is 0.852 bits per heavy atom. The van der Waals surface area contributed by atoms with Gasteiger partial charge in [0.05, 0.1) is 27.8 Å². The van der Waals surface area contributed by atoms with Crippen LogP contribution in [-0.2, 0) is 0 Å². The maximum absolute atomic E-state index is 4.99. The number of fused-ring (bicyclic) bond motifs is 6. The first-order valence-corrected chi connectivity index (χ1v) is 9.86. The molecular formula is C23H15N3S. The molecule has 0 aliphatic carbocycles. The molecule has 0 spiro atoms. The van der Waals surface area contributed by atoms with Gasteiger partial charge in [0.2, 0.25) is 0 Å². The SMILES string of the molecule is Cc1ccc2nc3c4cc5ccccc5nc4cc(-c4ccsc4)n3c2c1. The van der Waals surface area contributed by atoms with Crippen LogP contribution in [-0.4, -0.2) is 14.4 Å². The number of pyridine rings is 2. The van der Waals surface area contributed by atoms with E-state index in [-0.39, 0.29) is 0 Å². The van der Waals surface area contributed by atoms with Crippen LogP contribution in [0.5, 0.6) is 0 Å². The molecule has 6 aromatic rings. The molecule has 0 aliphatic rings. The summed E-state index contributed by atoms with van der Waals surface area (Å²) in [7, 11) is 0. The normalized spacial score (nSPS) is 11.9. The summed E-state index contributed by atoms with van der Waals surface area (Å²) in [6.45, 7) is 2.12. The molecule has 4 aromatic heterocycles. The zero-order valence-corrected chi connectivity index (χ0v) is 15.5. The smallest absolute Gasteiger partial charge is 0.147 e. The highest BCUT2D eigenvalue weighted by Crippen LogP contribution is 2.33. The fourth-order valence-electron chi connectivity index (χ4n) is 3.85. The molecule has 0 bridgehead atoms. The lowest BCUT2D eigenvalue weighted by atomic mass is 10.1. The van der Waals surface area contributed by atoms with Gasteiger partial charge in [0.1, 0.15) is 5.65 Å². The third-order valence-electron chi connectivity index (χ3n) is 5.14. The number of nitrogens with zero attached hydrogens (tertiary/aromatic N) is 3. The molecule has 3 nitrogen and oxygen atoms in total. The molecule has 0 unspecified atom stereocenters. The van der Waals surface area contributed by atoms with Crippen molar-refractivity contribution in [3.8, 4) is 11.3 Å². The van der Waals surface area contributed by atoms with Crippen molar-refractivity contribution in [1.29, 1.82) is 0 Å². The van der Waals surface area contributed by atoms with Gasteiger partial charge >= 0.3 is 0 Å². The van der Waals surface area contributed by atoms with Crippen LogP contribution in [0.15, 0.2) is 71.4 Å². The minimum atomic E-state index is 0.965. The van der Waals surface area contributed by atoms with Gasteiger partial charge in [-0.1, -0.05) is 24.3 Å². The van der Waals surface area contributed by atoms with E-state index in [1.165, 1.54) is 11.1 Å². The van der Waals surface area contributed by atoms with Crippen molar-refractivity contribution in [2.45, 2.75) is 6.92 Å². The summed E-state index contributed by atoms with van der Waals surface area (Å²) >= 11 is 1.71. The van der Waals surface area contributed by atoms with Gasteiger partial charge in [-0.25, -0.2) is 9.97 Å². The molecule has 4 heterocycles. The molecule has 128 valence electrons. The van der Waals surface area contributed by atoms with Gasteiger partial charge in [0.15, 0.2) is 0 Å². The van der Waals surface area contributed by atoms with Crippen LogP contribution in [0.3, 0.4) is 0 Å². The number of aryl methyl sites for hydroxylation is 1. The Morgan fingerprint density at radius 2 is 1.78 bits per heavy atom. The monoisotopic (exact) mass is 365 g/mol. The predicted octanol–water partition coefficient (Wildman–Crippen LogP) is 6.23. The van der Waals surface area contributed by atoms with Gasteiger partial charge in [0, 0.05) is 21.7 Å². The summed E-state index contributed by atoms with van der Waals surface area (Å²) in [4.78, 5) is 9.92. The lowest BCUT2D eigenvalue weighted by Gasteiger charge is -2.09. The Kier molecular flexibility index (Phi) is 2.96. The second kappa shape index (κ2) is 5.38. The van der Waals surface area contributed by atoms with Crippen LogP contribution in [0.4, 0.5) is 0 Å². The van der Waals surface area contributed by atoms with Crippen LogP contribution in [0.1, 0.15) is 5.56 Å². The quantitative estimate of drug-likeness (QED) is 0.324. The lowest BCUT2D eigenvalue weighted by molar-refractivity contribution is 1.24. The molecule has 0 amide bonds. The minimum Gasteiger partial charge on any atom is -0.292 e. The number of hydrogen-bond donors (Lipinski definition) is 0. The van der Waals surface area contributed by atoms with Crippen molar-refractivity contribution in [2.24, 2.45) is 0 Å². The Bertz CT molecular complexity index is 1480. The number of aromatic nitrogens is 3. The summed E-state index contributed by atoms with van der Waals surface area (Å²) < 4.78 is 2.28. The molecule has 6 rings (SSSR count). The minimum absolute atomic E-state index is 0.965. The van der Waals surface area contributed by atoms with Gasteiger partial charge < -0.3 is 0 Å². The second-order valence-electron chi connectivity index (χ2n) is 6.92. The van der Waals surface area contributed by atoms with Gasteiger partial charge in [-0.2, -0.15) is 11.3 Å². The molecule has 0 saturated heterocycles. The Balaban J connectivity index is 1.89. The molecular weight excluding hydrogens is 350 g/mol. The summed E-state index contributed by atoms with van der Waals surface area (Å²) in [6.07, 6.45) is 0. The van der Waals surface area contributed by atoms with Crippen molar-refractivity contribution in [3.63, 3.8) is 0 Å². The Labute approximate surface area is 159 Å². The van der Waals surface area contributed by atoms with Crippen molar-refractivity contribution >= 4 is 49.8 Å². The molecule has 0 aliphatic heterocycles. The first-order chi connectivity index (χ1) is 13.3. The average molecular weight is 365 g/mol. The largest absolute Gasteiger partial charge is 0.292 e. The second-order valence-corrected chi connectivity index (χ2v) is 7.70. The van der Waals surface area contributed by atoms with Gasteiger partial charge in [0.25, 0.3) is 0 Å². The van der Waals surface area contributed by atoms with Crippen LogP contribution in [0.2, 0.25) is 0 Å². The van der Waals surface area contributed by atoms with E-state index in [0.29, 0.717) is 0 Å². The molecule has 4 heteroatoms. The first kappa shape index (κ1) is 14.9. The molecule has 0 radical (unpaired) electrons. The van der Waals surface area contributed by atoms with E-state index < -0.39 is 0 Å². The summed E-state index contributed by atoms with van der Waals surface area (Å²) in [5.74, 6) is 0. The van der Waals surface area contributed by atoms with E-state index in [1.807, 2.05) is 6.07 Å². The topological polar surface area (TPSA) is 30.2 Å². The van der Waals surface area contributed by atoms with E-state index >= 15 is 0 Å². The van der Waals surface area contributed by atoms with E-state index in [2.05, 4.69) is 76.7 Å². The van der Waals surface area contributed by atoms with E-state index in [1.54, 1.807) is 11.3 Å². The maximum atomic E-state index is 4.99. The van der Waals surface area contributed by atoms with E-state index in [0.717, 1.165) is 44.2 Å². The van der Waals surface area contributed by atoms with Crippen LogP contribution in [0, 0.1) is 6.92 Å². The molecule has 0 saturated carbocycles. The highest BCUT2D eigenvalue weighted by atomic mass is 32.1. The van der Waals surface area contributed by atoms with Crippen molar-refractivity contribution in [3.05, 3.63) is 77.0 Å². The van der Waals surface area contributed by atoms with Crippen LogP contribution in [0.25, 0.3) is 49.7 Å². The number of benzene rings is 2. The number of imidazole rings is 1. The fraction of sp³-hybridized carbons (Fsp3) is 0.0435. The third-order valence-corrected chi connectivity index (χ3v) is 5.82. The van der Waals surface area contributed by atoms with E-state index in [9.17, 15) is 0 Å². The number of hydrogen-bond acceptors (Lipinski definition) is 3. The van der Waals surface area contributed by atoms with Crippen LogP contribution >= 0.6 is 11.3 Å². The highest BCUT2D eigenvalue weighted by molar-refractivity contribution is 7.08. The molecule has 2 aromatic carbocycles. The number of thiophene rings is 1. The predicted molar refractivity (Wildman–Crippen MR) is 114 cm³/mol. The first-order valence-electron chi connectivity index (χ1n) is 8.92. The van der Waals surface area contributed by atoms with E-state index in [4.69, 9.17) is 9.97 Å². The molecule has 0 atom stereocenters. The van der Waals surface area contributed by atoms with Gasteiger partial charge in [-0.05, 0) is 54.3 Å². The molecule has 0 fully saturated rings. The maximum Gasteiger partial charge on any atom is 0.147 e. The standard InChI is InChI=1S/C23H15N3S/c1-14-6-7-19-22(10-14)26-21(16-8-9-27-13-16)12-20-17(23(26)25-19)11-15-4-2-3-5-18(15)24-20/h2-13H,1H3. The molecule has 0 N–H and O–H groups in total. The van der Waals surface area contributed by atoms with Gasteiger partial charge in [-0.15, -0.1) is 0 Å². The highest BCUT2D eigenvalue weighted by Gasteiger charge is 2.15. The van der Waals surface area contributed by atoms with Crippen molar-refractivity contribution in [2.75, 3.05) is 0 Å². The zero-order chi connectivity index (χ0) is 18.0. The Hall–Kier alpha value is -3.24. The zero-order valence-electron chi connectivity index (χ0n) is 14.7. The van der Waals surface area contributed by atoms with Crippen molar-refractivity contribution in [1.82, 2.24) is 14.4 Å². The Morgan fingerprint density at radius 3 is 2.67 bits per heavy atom.